The second-order valence-corrected chi connectivity index (χ2v) is 7.49. The van der Waals surface area contributed by atoms with E-state index in [9.17, 15) is 8.42 Å². The van der Waals surface area contributed by atoms with E-state index in [0.29, 0.717) is 23.9 Å². The molecule has 112 valence electrons. The lowest BCUT2D eigenvalue weighted by Crippen LogP contribution is -2.38. The Balaban J connectivity index is 2.02. The second-order valence-electron chi connectivity index (χ2n) is 5.56. The minimum Gasteiger partial charge on any atom is -0.320 e. The molecule has 1 aliphatic heterocycles. The summed E-state index contributed by atoms with van der Waals surface area (Å²) < 4.78 is 26.8. The van der Waals surface area contributed by atoms with Crippen LogP contribution in [0.4, 0.5) is 0 Å². The van der Waals surface area contributed by atoms with Gasteiger partial charge in [-0.2, -0.15) is 4.31 Å². The largest absolute Gasteiger partial charge is 0.320 e. The molecule has 1 heterocycles. The van der Waals surface area contributed by atoms with Crippen LogP contribution in [0.2, 0.25) is 0 Å². The Morgan fingerprint density at radius 3 is 2.60 bits per heavy atom. The van der Waals surface area contributed by atoms with E-state index in [2.05, 4.69) is 5.32 Å². The number of hydrogen-bond acceptors (Lipinski definition) is 3. The summed E-state index contributed by atoms with van der Waals surface area (Å²) in [5.41, 5.74) is 0.981. The summed E-state index contributed by atoms with van der Waals surface area (Å²) in [5.74, 6) is 0.645. The Morgan fingerprint density at radius 2 is 2.00 bits per heavy atom. The molecule has 2 rings (SSSR count). The summed E-state index contributed by atoms with van der Waals surface area (Å²) in [7, 11) is -1.36. The van der Waals surface area contributed by atoms with Gasteiger partial charge >= 0.3 is 0 Å². The molecular weight excluding hydrogens is 272 g/mol. The van der Waals surface area contributed by atoms with Crippen LogP contribution in [0.5, 0.6) is 0 Å². The molecule has 1 aromatic rings. The van der Waals surface area contributed by atoms with Gasteiger partial charge in [-0.15, -0.1) is 0 Å². The lowest BCUT2D eigenvalue weighted by molar-refractivity contribution is 0.263. The maximum absolute atomic E-state index is 12.6. The lowest BCUT2D eigenvalue weighted by Gasteiger charge is -2.31. The second kappa shape index (κ2) is 6.70. The molecule has 0 radical (unpaired) electrons. The number of piperidine rings is 1. The van der Waals surface area contributed by atoms with E-state index < -0.39 is 10.0 Å². The quantitative estimate of drug-likeness (QED) is 0.904. The van der Waals surface area contributed by atoms with E-state index in [1.807, 2.05) is 26.1 Å². The van der Waals surface area contributed by atoms with Crippen LogP contribution in [0.1, 0.15) is 24.8 Å². The Hall–Kier alpha value is -0.910. The molecule has 0 atom stereocenters. The Kier molecular flexibility index (Phi) is 5.18. The standard InChI is InChI=1S/C15H24N2O2S/c1-13-4-3-5-15(12-13)20(18,19)17-10-7-14(8-11-17)6-9-16-2/h3-5,12,14,16H,6-11H2,1-2H3. The first kappa shape index (κ1) is 15.5. The van der Waals surface area contributed by atoms with Crippen LogP contribution in [0.3, 0.4) is 0 Å². The SMILES string of the molecule is CNCCC1CCN(S(=O)(=O)c2cccc(C)c2)CC1. The first-order valence-electron chi connectivity index (χ1n) is 7.25. The smallest absolute Gasteiger partial charge is 0.243 e. The molecule has 5 heteroatoms. The van der Waals surface area contributed by atoms with Crippen molar-refractivity contribution in [3.63, 3.8) is 0 Å². The molecule has 20 heavy (non-hydrogen) atoms. The highest BCUT2D eigenvalue weighted by Gasteiger charge is 2.29. The zero-order valence-corrected chi connectivity index (χ0v) is 13.1. The maximum Gasteiger partial charge on any atom is 0.243 e. The molecule has 1 aromatic carbocycles. The molecule has 0 spiro atoms. The Morgan fingerprint density at radius 1 is 1.30 bits per heavy atom. The summed E-state index contributed by atoms with van der Waals surface area (Å²) in [4.78, 5) is 0.422. The monoisotopic (exact) mass is 296 g/mol. The van der Waals surface area contributed by atoms with Crippen molar-refractivity contribution in [2.75, 3.05) is 26.7 Å². The number of aryl methyl sites for hydroxylation is 1. The number of sulfonamides is 1. The van der Waals surface area contributed by atoms with Crippen LogP contribution in [-0.2, 0) is 10.0 Å². The predicted octanol–water partition coefficient (Wildman–Crippen LogP) is 2.01. The zero-order valence-electron chi connectivity index (χ0n) is 12.3. The first-order chi connectivity index (χ1) is 9.54. The highest BCUT2D eigenvalue weighted by molar-refractivity contribution is 7.89. The van der Waals surface area contributed by atoms with Gasteiger partial charge in [0.15, 0.2) is 0 Å². The molecule has 1 aliphatic rings. The van der Waals surface area contributed by atoms with Crippen LogP contribution in [0, 0.1) is 12.8 Å². The summed E-state index contributed by atoms with van der Waals surface area (Å²) >= 11 is 0. The van der Waals surface area contributed by atoms with E-state index >= 15 is 0 Å². The van der Waals surface area contributed by atoms with E-state index in [1.54, 1.807) is 16.4 Å². The maximum atomic E-state index is 12.6. The van der Waals surface area contributed by atoms with Crippen molar-refractivity contribution in [3.8, 4) is 0 Å². The van der Waals surface area contributed by atoms with E-state index in [0.717, 1.165) is 31.4 Å². The lowest BCUT2D eigenvalue weighted by atomic mass is 9.95. The molecule has 0 amide bonds. The van der Waals surface area contributed by atoms with Crippen LogP contribution in [0.15, 0.2) is 29.2 Å². The highest BCUT2D eigenvalue weighted by Crippen LogP contribution is 2.25. The minimum atomic E-state index is -3.31. The fourth-order valence-corrected chi connectivity index (χ4v) is 4.29. The van der Waals surface area contributed by atoms with Gasteiger partial charge in [0.1, 0.15) is 0 Å². The van der Waals surface area contributed by atoms with Crippen LogP contribution in [-0.4, -0.2) is 39.4 Å². The Bertz CT molecular complexity index is 535. The molecule has 0 aromatic heterocycles. The molecule has 1 saturated heterocycles. The van der Waals surface area contributed by atoms with Crippen LogP contribution < -0.4 is 5.32 Å². The highest BCUT2D eigenvalue weighted by atomic mass is 32.2. The third kappa shape index (κ3) is 3.59. The molecule has 0 aliphatic carbocycles. The van der Waals surface area contributed by atoms with Gasteiger partial charge in [0.05, 0.1) is 4.90 Å². The van der Waals surface area contributed by atoms with E-state index in [4.69, 9.17) is 0 Å². The normalized spacial score (nSPS) is 18.3. The summed E-state index contributed by atoms with van der Waals surface area (Å²) in [6, 6.07) is 7.17. The minimum absolute atomic E-state index is 0.422. The first-order valence-corrected chi connectivity index (χ1v) is 8.69. The summed E-state index contributed by atoms with van der Waals surface area (Å²) in [6.07, 6.45) is 3.06. The van der Waals surface area contributed by atoms with Gasteiger partial charge in [0.2, 0.25) is 10.0 Å². The average molecular weight is 296 g/mol. The molecule has 0 unspecified atom stereocenters. The summed E-state index contributed by atoms with van der Waals surface area (Å²) in [6.45, 7) is 4.22. The predicted molar refractivity (Wildman–Crippen MR) is 81.2 cm³/mol. The van der Waals surface area contributed by atoms with Crippen molar-refractivity contribution in [1.82, 2.24) is 9.62 Å². The molecule has 4 nitrogen and oxygen atoms in total. The average Bonchev–Trinajstić information content (AvgIpc) is 2.45. The van der Waals surface area contributed by atoms with Gasteiger partial charge in [-0.05, 0) is 63.4 Å². The van der Waals surface area contributed by atoms with Gasteiger partial charge in [-0.1, -0.05) is 12.1 Å². The van der Waals surface area contributed by atoms with Gasteiger partial charge < -0.3 is 5.32 Å². The van der Waals surface area contributed by atoms with Crippen molar-refractivity contribution in [1.29, 1.82) is 0 Å². The number of nitrogens with zero attached hydrogens (tertiary/aromatic N) is 1. The van der Waals surface area contributed by atoms with Gasteiger partial charge in [-0.3, -0.25) is 0 Å². The van der Waals surface area contributed by atoms with Crippen molar-refractivity contribution >= 4 is 10.0 Å². The number of hydrogen-bond donors (Lipinski definition) is 1. The van der Waals surface area contributed by atoms with E-state index in [-0.39, 0.29) is 0 Å². The fourth-order valence-electron chi connectivity index (χ4n) is 2.71. The fraction of sp³-hybridized carbons (Fsp3) is 0.600. The topological polar surface area (TPSA) is 49.4 Å². The molecule has 0 bridgehead atoms. The van der Waals surface area contributed by atoms with Crippen molar-refractivity contribution in [3.05, 3.63) is 29.8 Å². The van der Waals surface area contributed by atoms with E-state index in [1.165, 1.54) is 0 Å². The van der Waals surface area contributed by atoms with Crippen molar-refractivity contribution in [2.45, 2.75) is 31.1 Å². The summed E-state index contributed by atoms with van der Waals surface area (Å²) in [5, 5.41) is 3.16. The van der Waals surface area contributed by atoms with Gasteiger partial charge in [-0.25, -0.2) is 8.42 Å². The van der Waals surface area contributed by atoms with Gasteiger partial charge in [0.25, 0.3) is 0 Å². The number of rotatable bonds is 5. The Labute approximate surface area is 122 Å². The molecule has 1 fully saturated rings. The molecule has 1 N–H and O–H groups in total. The zero-order chi connectivity index (χ0) is 14.6. The third-order valence-corrected chi connectivity index (χ3v) is 5.90. The number of benzene rings is 1. The van der Waals surface area contributed by atoms with Gasteiger partial charge in [0, 0.05) is 13.1 Å². The molecule has 0 saturated carbocycles. The van der Waals surface area contributed by atoms with Crippen LogP contribution in [0.25, 0.3) is 0 Å². The van der Waals surface area contributed by atoms with Crippen molar-refractivity contribution < 1.29 is 8.42 Å². The van der Waals surface area contributed by atoms with Crippen molar-refractivity contribution in [2.24, 2.45) is 5.92 Å². The number of nitrogens with one attached hydrogen (secondary N) is 1. The third-order valence-electron chi connectivity index (χ3n) is 4.00. The van der Waals surface area contributed by atoms with Crippen LogP contribution >= 0.6 is 0 Å². The molecular formula is C15H24N2O2S.